The number of carboxylic acid groups (broad SMARTS) is 1. The van der Waals surface area contributed by atoms with Crippen LogP contribution in [0.25, 0.3) is 0 Å². The molecule has 1 N–H and O–H groups in total. The maximum atomic E-state index is 12.4. The van der Waals surface area contributed by atoms with Crippen molar-refractivity contribution >= 4 is 23.2 Å². The molecule has 0 aromatic carbocycles. The van der Waals surface area contributed by atoms with E-state index in [0.29, 0.717) is 18.2 Å². The van der Waals surface area contributed by atoms with Gasteiger partial charge in [-0.25, -0.2) is 4.98 Å². The minimum Gasteiger partial charge on any atom is -0.481 e. The summed E-state index contributed by atoms with van der Waals surface area (Å²) in [5, 5.41) is 11.6. The number of carbonyl (C=O) groups is 2. The fourth-order valence-corrected chi connectivity index (χ4v) is 3.12. The largest absolute Gasteiger partial charge is 0.481 e. The first-order valence-corrected chi connectivity index (χ1v) is 7.35. The molecule has 0 radical (unpaired) electrons. The van der Waals surface area contributed by atoms with Crippen molar-refractivity contribution in [2.45, 2.75) is 45.1 Å². The Morgan fingerprint density at radius 1 is 1.58 bits per heavy atom. The van der Waals surface area contributed by atoms with E-state index in [2.05, 4.69) is 4.98 Å². The van der Waals surface area contributed by atoms with Crippen molar-refractivity contribution in [2.75, 3.05) is 6.54 Å². The van der Waals surface area contributed by atoms with Crippen LogP contribution in [0.4, 0.5) is 0 Å². The average Bonchev–Trinajstić information content (AvgIpc) is 2.95. The predicted octanol–water partition coefficient (Wildman–Crippen LogP) is 2.35. The van der Waals surface area contributed by atoms with Crippen molar-refractivity contribution < 1.29 is 14.7 Å². The SMILES string of the molecule is CC(C)c1nc(C(=O)N2CCCC2CC(=O)O)cs1. The van der Waals surface area contributed by atoms with Gasteiger partial charge in [0.05, 0.1) is 11.4 Å². The van der Waals surface area contributed by atoms with Crippen LogP contribution in [0.5, 0.6) is 0 Å². The summed E-state index contributed by atoms with van der Waals surface area (Å²) in [5.41, 5.74) is 0.450. The van der Waals surface area contributed by atoms with Crippen LogP contribution < -0.4 is 0 Å². The molecule has 2 heterocycles. The molecule has 0 aliphatic carbocycles. The smallest absolute Gasteiger partial charge is 0.305 e. The Morgan fingerprint density at radius 2 is 2.32 bits per heavy atom. The van der Waals surface area contributed by atoms with E-state index in [4.69, 9.17) is 5.11 Å². The lowest BCUT2D eigenvalue weighted by molar-refractivity contribution is -0.137. The zero-order valence-electron chi connectivity index (χ0n) is 11.1. The Labute approximate surface area is 116 Å². The molecule has 1 aliphatic rings. The quantitative estimate of drug-likeness (QED) is 0.920. The van der Waals surface area contributed by atoms with E-state index in [1.165, 1.54) is 11.3 Å². The maximum absolute atomic E-state index is 12.4. The van der Waals surface area contributed by atoms with E-state index >= 15 is 0 Å². The lowest BCUT2D eigenvalue weighted by Gasteiger charge is -2.22. The van der Waals surface area contributed by atoms with Crippen molar-refractivity contribution in [3.05, 3.63) is 16.1 Å². The molecule has 19 heavy (non-hydrogen) atoms. The van der Waals surface area contributed by atoms with Crippen LogP contribution in [-0.4, -0.2) is 39.5 Å². The molecule has 2 rings (SSSR count). The third-order valence-electron chi connectivity index (χ3n) is 3.28. The molecule has 1 aromatic heterocycles. The Balaban J connectivity index is 2.11. The van der Waals surface area contributed by atoms with Crippen molar-refractivity contribution in [3.63, 3.8) is 0 Å². The van der Waals surface area contributed by atoms with Crippen LogP contribution >= 0.6 is 11.3 Å². The number of thiazole rings is 1. The molecule has 0 bridgehead atoms. The fourth-order valence-electron chi connectivity index (χ4n) is 2.32. The lowest BCUT2D eigenvalue weighted by atomic mass is 10.1. The summed E-state index contributed by atoms with van der Waals surface area (Å²) in [6.07, 6.45) is 1.65. The third kappa shape index (κ3) is 3.12. The first-order valence-electron chi connectivity index (χ1n) is 6.47. The second kappa shape index (κ2) is 5.69. The summed E-state index contributed by atoms with van der Waals surface area (Å²) in [7, 11) is 0. The van der Waals surface area contributed by atoms with E-state index in [1.54, 1.807) is 10.3 Å². The summed E-state index contributed by atoms with van der Waals surface area (Å²) in [6, 6.07) is -0.186. The van der Waals surface area contributed by atoms with Gasteiger partial charge >= 0.3 is 5.97 Å². The first kappa shape index (κ1) is 14.0. The van der Waals surface area contributed by atoms with Gasteiger partial charge < -0.3 is 10.0 Å². The molecule has 104 valence electrons. The molecular weight excluding hydrogens is 264 g/mol. The van der Waals surface area contributed by atoms with Gasteiger partial charge in [0, 0.05) is 23.9 Å². The van der Waals surface area contributed by atoms with Gasteiger partial charge in [0.25, 0.3) is 5.91 Å². The molecule has 1 atom stereocenters. The molecular formula is C13H18N2O3S. The third-order valence-corrected chi connectivity index (χ3v) is 4.43. The number of aromatic nitrogens is 1. The average molecular weight is 282 g/mol. The molecule has 0 saturated carbocycles. The van der Waals surface area contributed by atoms with E-state index in [0.717, 1.165) is 17.8 Å². The summed E-state index contributed by atoms with van der Waals surface area (Å²) < 4.78 is 0. The van der Waals surface area contributed by atoms with Gasteiger partial charge in [-0.1, -0.05) is 13.8 Å². The highest BCUT2D eigenvalue weighted by Gasteiger charge is 2.32. The normalized spacial score (nSPS) is 19.1. The van der Waals surface area contributed by atoms with Crippen molar-refractivity contribution in [2.24, 2.45) is 0 Å². The number of hydrogen-bond donors (Lipinski definition) is 1. The lowest BCUT2D eigenvalue weighted by Crippen LogP contribution is -2.37. The van der Waals surface area contributed by atoms with E-state index in [1.807, 2.05) is 13.8 Å². The van der Waals surface area contributed by atoms with Crippen LogP contribution in [0, 0.1) is 0 Å². The number of carboxylic acids is 1. The Kier molecular flexibility index (Phi) is 4.19. The molecule has 1 aromatic rings. The predicted molar refractivity (Wildman–Crippen MR) is 72.5 cm³/mol. The number of carbonyl (C=O) groups excluding carboxylic acids is 1. The number of nitrogens with zero attached hydrogens (tertiary/aromatic N) is 2. The molecule has 1 saturated heterocycles. The van der Waals surface area contributed by atoms with Crippen LogP contribution in [-0.2, 0) is 4.79 Å². The van der Waals surface area contributed by atoms with Crippen molar-refractivity contribution in [1.82, 2.24) is 9.88 Å². The zero-order valence-corrected chi connectivity index (χ0v) is 11.9. The molecule has 5 nitrogen and oxygen atoms in total. The molecule has 0 spiro atoms. The number of rotatable bonds is 4. The van der Waals surface area contributed by atoms with Crippen LogP contribution in [0.3, 0.4) is 0 Å². The van der Waals surface area contributed by atoms with E-state index < -0.39 is 5.97 Å². The van der Waals surface area contributed by atoms with Gasteiger partial charge in [0.15, 0.2) is 0 Å². The first-order chi connectivity index (χ1) is 8.99. The second-order valence-corrected chi connectivity index (χ2v) is 6.01. The highest BCUT2D eigenvalue weighted by molar-refractivity contribution is 7.09. The molecule has 1 amide bonds. The van der Waals surface area contributed by atoms with Gasteiger partial charge in [0.2, 0.25) is 0 Å². The fraction of sp³-hybridized carbons (Fsp3) is 0.615. The summed E-state index contributed by atoms with van der Waals surface area (Å²) in [5.74, 6) is -0.683. The summed E-state index contributed by atoms with van der Waals surface area (Å²) >= 11 is 1.48. The van der Waals surface area contributed by atoms with Crippen molar-refractivity contribution in [3.8, 4) is 0 Å². The standard InChI is InChI=1S/C13H18N2O3S/c1-8(2)12-14-10(7-19-12)13(18)15-5-3-4-9(15)6-11(16)17/h7-9H,3-6H2,1-2H3,(H,16,17). The number of likely N-dealkylation sites (tertiary alicyclic amines) is 1. The second-order valence-electron chi connectivity index (χ2n) is 5.12. The van der Waals surface area contributed by atoms with Crippen molar-refractivity contribution in [1.29, 1.82) is 0 Å². The zero-order chi connectivity index (χ0) is 14.0. The van der Waals surface area contributed by atoms with Gasteiger partial charge in [0.1, 0.15) is 5.69 Å². The van der Waals surface area contributed by atoms with Crippen LogP contribution in [0.15, 0.2) is 5.38 Å². The minimum atomic E-state index is -0.856. The number of hydrogen-bond acceptors (Lipinski definition) is 4. The van der Waals surface area contributed by atoms with Gasteiger partial charge in [-0.2, -0.15) is 0 Å². The van der Waals surface area contributed by atoms with Crippen LogP contribution in [0.2, 0.25) is 0 Å². The summed E-state index contributed by atoms with van der Waals surface area (Å²) in [6.45, 7) is 4.71. The number of amides is 1. The minimum absolute atomic E-state index is 0.0207. The molecule has 1 unspecified atom stereocenters. The Bertz CT molecular complexity index is 484. The van der Waals surface area contributed by atoms with Gasteiger partial charge in [-0.15, -0.1) is 11.3 Å². The topological polar surface area (TPSA) is 70.5 Å². The monoisotopic (exact) mass is 282 g/mol. The highest BCUT2D eigenvalue weighted by Crippen LogP contribution is 2.25. The van der Waals surface area contributed by atoms with Gasteiger partial charge in [-0.05, 0) is 12.8 Å². The van der Waals surface area contributed by atoms with Gasteiger partial charge in [-0.3, -0.25) is 9.59 Å². The van der Waals surface area contributed by atoms with Crippen LogP contribution in [0.1, 0.15) is 54.5 Å². The maximum Gasteiger partial charge on any atom is 0.305 e. The Hall–Kier alpha value is -1.43. The molecule has 1 fully saturated rings. The highest BCUT2D eigenvalue weighted by atomic mass is 32.1. The summed E-state index contributed by atoms with van der Waals surface area (Å²) in [4.78, 5) is 29.2. The molecule has 6 heteroatoms. The van der Waals surface area contributed by atoms with E-state index in [9.17, 15) is 9.59 Å². The molecule has 1 aliphatic heterocycles. The van der Waals surface area contributed by atoms with E-state index in [-0.39, 0.29) is 18.4 Å². The number of aliphatic carboxylic acids is 1. The Morgan fingerprint density at radius 3 is 2.89 bits per heavy atom.